The highest BCUT2D eigenvalue weighted by Crippen LogP contribution is 2.44. The lowest BCUT2D eigenvalue weighted by molar-refractivity contribution is -0.114. The minimum absolute atomic E-state index is 0.122. The fourth-order valence-electron chi connectivity index (χ4n) is 6.23. The maximum atomic E-state index is 12.7. The van der Waals surface area contributed by atoms with Gasteiger partial charge in [0, 0.05) is 62.0 Å². The van der Waals surface area contributed by atoms with Gasteiger partial charge in [-0.3, -0.25) is 14.7 Å². The number of Topliss-reactive ketones (excluding diaryl/α,β-unsaturated/α-hetero) is 1. The lowest BCUT2D eigenvalue weighted by Gasteiger charge is -2.45. The number of likely N-dealkylation sites (N-methyl/N-ethyl adjacent to an activating group) is 1. The van der Waals surface area contributed by atoms with Gasteiger partial charge in [-0.2, -0.15) is 0 Å². The highest BCUT2D eigenvalue weighted by atomic mass is 16.1. The highest BCUT2D eigenvalue weighted by molar-refractivity contribution is 6.17. The van der Waals surface area contributed by atoms with Crippen molar-refractivity contribution in [2.45, 2.75) is 43.8 Å². The molecule has 2 fully saturated rings. The summed E-state index contributed by atoms with van der Waals surface area (Å²) in [4.78, 5) is 22.5. The number of nitrogens with zero attached hydrogens (tertiary/aromatic N) is 3. The van der Waals surface area contributed by atoms with Gasteiger partial charge in [0.05, 0.1) is 0 Å². The number of piperazine rings is 1. The standard InChI is InChI=1S/C29H34N4O/c1-32-14-16-33(17-15-32)19-20-10-12-22(13-11-20)28-26(21-6-3-2-4-7-21)29-27-23(25(34)18-30-29)8-5-9-24(27)31-28/h2-4,6-7,10-13,24,26,28,31H,5,8-9,14-19H2,1H3. The molecule has 3 atom stereocenters. The van der Waals surface area contributed by atoms with Gasteiger partial charge in [0.2, 0.25) is 0 Å². The van der Waals surface area contributed by atoms with E-state index < -0.39 is 0 Å². The molecule has 6 rings (SSSR count). The monoisotopic (exact) mass is 454 g/mol. The van der Waals surface area contributed by atoms with Crippen molar-refractivity contribution in [3.8, 4) is 0 Å². The Bertz CT molecular complexity index is 1110. The Kier molecular flexibility index (Phi) is 5.94. The zero-order valence-corrected chi connectivity index (χ0v) is 20.0. The maximum absolute atomic E-state index is 12.7. The molecular formula is C29H34N4O. The lowest BCUT2D eigenvalue weighted by atomic mass is 9.69. The van der Waals surface area contributed by atoms with Gasteiger partial charge in [0.15, 0.2) is 5.78 Å². The zero-order chi connectivity index (χ0) is 23.1. The quantitative estimate of drug-likeness (QED) is 0.765. The molecule has 5 heteroatoms. The van der Waals surface area contributed by atoms with E-state index in [0.29, 0.717) is 6.54 Å². The number of hydrogen-bond acceptors (Lipinski definition) is 5. The fraction of sp³-hybridized carbons (Fsp3) is 0.448. The van der Waals surface area contributed by atoms with Crippen LogP contribution < -0.4 is 5.32 Å². The molecule has 0 bridgehead atoms. The van der Waals surface area contributed by atoms with Crippen LogP contribution >= 0.6 is 0 Å². The molecule has 5 nitrogen and oxygen atoms in total. The molecular weight excluding hydrogens is 420 g/mol. The topological polar surface area (TPSA) is 47.9 Å². The molecule has 3 unspecified atom stereocenters. The Labute approximate surface area is 202 Å². The van der Waals surface area contributed by atoms with Crippen LogP contribution in [-0.2, 0) is 11.3 Å². The average Bonchev–Trinajstić information content (AvgIpc) is 2.88. The summed E-state index contributed by atoms with van der Waals surface area (Å²) >= 11 is 0. The van der Waals surface area contributed by atoms with Gasteiger partial charge in [-0.1, -0.05) is 54.6 Å². The minimum atomic E-state index is 0.122. The van der Waals surface area contributed by atoms with E-state index in [-0.39, 0.29) is 23.8 Å². The number of hydrogen-bond donors (Lipinski definition) is 1. The molecule has 0 saturated carbocycles. The molecule has 34 heavy (non-hydrogen) atoms. The van der Waals surface area contributed by atoms with E-state index in [1.165, 1.54) is 22.3 Å². The first kappa shape index (κ1) is 21.9. The van der Waals surface area contributed by atoms with E-state index in [1.807, 2.05) is 0 Å². The minimum Gasteiger partial charge on any atom is -0.304 e. The van der Waals surface area contributed by atoms with Crippen molar-refractivity contribution in [3.05, 3.63) is 82.4 Å². The zero-order valence-electron chi connectivity index (χ0n) is 20.0. The first-order chi connectivity index (χ1) is 16.7. The summed E-state index contributed by atoms with van der Waals surface area (Å²) in [5.74, 6) is 0.348. The molecule has 2 aromatic rings. The van der Waals surface area contributed by atoms with Crippen molar-refractivity contribution in [1.82, 2.24) is 15.1 Å². The van der Waals surface area contributed by atoms with Gasteiger partial charge >= 0.3 is 0 Å². The van der Waals surface area contributed by atoms with Crippen LogP contribution in [0.3, 0.4) is 0 Å². The van der Waals surface area contributed by atoms with Crippen LogP contribution in [0.4, 0.5) is 0 Å². The van der Waals surface area contributed by atoms with Gasteiger partial charge in [-0.15, -0.1) is 0 Å². The third-order valence-electron chi connectivity index (χ3n) is 8.11. The molecule has 1 aliphatic carbocycles. The van der Waals surface area contributed by atoms with Crippen molar-refractivity contribution in [2.24, 2.45) is 4.99 Å². The summed E-state index contributed by atoms with van der Waals surface area (Å²) < 4.78 is 0. The second-order valence-corrected chi connectivity index (χ2v) is 10.3. The first-order valence-electron chi connectivity index (χ1n) is 12.8. The van der Waals surface area contributed by atoms with Gasteiger partial charge in [-0.05, 0) is 48.6 Å². The van der Waals surface area contributed by atoms with Crippen LogP contribution in [0.15, 0.2) is 70.7 Å². The number of aliphatic imine (C=N–C) groups is 1. The van der Waals surface area contributed by atoms with E-state index in [9.17, 15) is 4.79 Å². The fourth-order valence-corrected chi connectivity index (χ4v) is 6.23. The normalized spacial score (nSPS) is 28.0. The average molecular weight is 455 g/mol. The summed E-state index contributed by atoms with van der Waals surface area (Å²) in [7, 11) is 2.20. The van der Waals surface area contributed by atoms with Crippen molar-refractivity contribution in [2.75, 3.05) is 39.8 Å². The SMILES string of the molecule is CN1CCN(Cc2ccc(C3NC4CCCC5=C4C(=NCC5=O)C3c3ccccc3)cc2)CC1. The van der Waals surface area contributed by atoms with Gasteiger partial charge in [0.1, 0.15) is 6.54 Å². The summed E-state index contributed by atoms with van der Waals surface area (Å²) in [5, 5.41) is 3.97. The summed E-state index contributed by atoms with van der Waals surface area (Å²) in [5.41, 5.74) is 7.35. The lowest BCUT2D eigenvalue weighted by Crippen LogP contribution is -2.51. The van der Waals surface area contributed by atoms with Gasteiger partial charge in [-0.25, -0.2) is 0 Å². The Morgan fingerprint density at radius 3 is 2.50 bits per heavy atom. The molecule has 2 aromatic carbocycles. The molecule has 176 valence electrons. The Balaban J connectivity index is 1.32. The molecule has 0 amide bonds. The van der Waals surface area contributed by atoms with E-state index in [4.69, 9.17) is 4.99 Å². The summed E-state index contributed by atoms with van der Waals surface area (Å²) in [6.07, 6.45) is 3.05. The van der Waals surface area contributed by atoms with Crippen molar-refractivity contribution in [1.29, 1.82) is 0 Å². The highest BCUT2D eigenvalue weighted by Gasteiger charge is 2.44. The summed E-state index contributed by atoms with van der Waals surface area (Å²) in [6.45, 7) is 5.88. The molecule has 0 aromatic heterocycles. The maximum Gasteiger partial charge on any atom is 0.180 e. The van der Waals surface area contributed by atoms with E-state index in [1.54, 1.807) is 0 Å². The smallest absolute Gasteiger partial charge is 0.180 e. The molecule has 4 aliphatic rings. The second kappa shape index (κ2) is 9.21. The van der Waals surface area contributed by atoms with Crippen LogP contribution in [0.1, 0.15) is 47.9 Å². The van der Waals surface area contributed by atoms with E-state index >= 15 is 0 Å². The van der Waals surface area contributed by atoms with Gasteiger partial charge in [0.25, 0.3) is 0 Å². The third-order valence-corrected chi connectivity index (χ3v) is 8.11. The number of carbonyl (C=O) groups is 1. The summed E-state index contributed by atoms with van der Waals surface area (Å²) in [6, 6.07) is 20.3. The number of ketones is 1. The molecule has 2 saturated heterocycles. The van der Waals surface area contributed by atoms with E-state index in [0.717, 1.165) is 63.3 Å². The van der Waals surface area contributed by atoms with Crippen molar-refractivity contribution < 1.29 is 4.79 Å². The second-order valence-electron chi connectivity index (χ2n) is 10.3. The van der Waals surface area contributed by atoms with Crippen LogP contribution in [0.5, 0.6) is 0 Å². The molecule has 1 N–H and O–H groups in total. The Morgan fingerprint density at radius 2 is 1.74 bits per heavy atom. The van der Waals surface area contributed by atoms with Crippen molar-refractivity contribution in [3.63, 3.8) is 0 Å². The molecule has 0 radical (unpaired) electrons. The van der Waals surface area contributed by atoms with Crippen LogP contribution in [0.2, 0.25) is 0 Å². The predicted molar refractivity (Wildman–Crippen MR) is 136 cm³/mol. The third kappa shape index (κ3) is 4.06. The number of nitrogens with one attached hydrogen (secondary N) is 1. The largest absolute Gasteiger partial charge is 0.304 e. The molecule has 3 aliphatic heterocycles. The number of piperidine rings is 1. The van der Waals surface area contributed by atoms with Crippen LogP contribution in [0, 0.1) is 0 Å². The molecule has 3 heterocycles. The Morgan fingerprint density at radius 1 is 0.971 bits per heavy atom. The van der Waals surface area contributed by atoms with Crippen LogP contribution in [-0.4, -0.2) is 67.1 Å². The number of rotatable bonds is 4. The number of carbonyl (C=O) groups excluding carboxylic acids is 1. The van der Waals surface area contributed by atoms with Crippen molar-refractivity contribution >= 4 is 11.5 Å². The van der Waals surface area contributed by atoms with Crippen LogP contribution in [0.25, 0.3) is 0 Å². The molecule has 0 spiro atoms. The number of dihydropyridines is 1. The van der Waals surface area contributed by atoms with Gasteiger partial charge < -0.3 is 10.2 Å². The first-order valence-corrected chi connectivity index (χ1v) is 12.8. The predicted octanol–water partition coefficient (Wildman–Crippen LogP) is 3.73. The Hall–Kier alpha value is -2.60. The number of benzene rings is 2. The van der Waals surface area contributed by atoms with E-state index in [2.05, 4.69) is 76.8 Å².